The first-order valence-corrected chi connectivity index (χ1v) is 7.40. The van der Waals surface area contributed by atoms with E-state index in [9.17, 15) is 9.59 Å². The second-order valence-electron chi connectivity index (χ2n) is 5.53. The number of hydrogen-bond acceptors (Lipinski definition) is 5. The lowest BCUT2D eigenvalue weighted by atomic mass is 10.1. The zero-order valence-corrected chi connectivity index (χ0v) is 12.2. The van der Waals surface area contributed by atoms with Crippen LogP contribution in [0.4, 0.5) is 5.69 Å². The molecule has 1 fully saturated rings. The number of amides is 2. The molecule has 2 aromatic rings. The number of para-hydroxylation sites is 1. The first-order chi connectivity index (χ1) is 11.3. The molecule has 23 heavy (non-hydrogen) atoms. The Balaban J connectivity index is 1.61. The molecular weight excluding hydrogens is 292 g/mol. The molecule has 0 aromatic heterocycles. The Hall–Kier alpha value is -3.02. The molecule has 6 nitrogen and oxygen atoms in total. The molecule has 0 spiro atoms. The van der Waals surface area contributed by atoms with E-state index >= 15 is 0 Å². The topological polar surface area (TPSA) is 65.3 Å². The Labute approximate surface area is 133 Å². The van der Waals surface area contributed by atoms with Gasteiger partial charge in [0.25, 0.3) is 11.8 Å². The molecule has 0 N–H and O–H groups in total. The van der Waals surface area contributed by atoms with Gasteiger partial charge in [0.05, 0.1) is 12.2 Å². The fraction of sp³-hybridized carbons (Fsp3) is 0.176. The highest BCUT2D eigenvalue weighted by atomic mass is 16.2. The van der Waals surface area contributed by atoms with Crippen molar-refractivity contribution in [2.24, 2.45) is 10.3 Å². The van der Waals surface area contributed by atoms with Gasteiger partial charge >= 0.3 is 0 Å². The summed E-state index contributed by atoms with van der Waals surface area (Å²) in [4.78, 5) is 26.5. The summed E-state index contributed by atoms with van der Waals surface area (Å²) < 4.78 is 0. The predicted molar refractivity (Wildman–Crippen MR) is 83.4 cm³/mol. The van der Waals surface area contributed by atoms with E-state index in [2.05, 4.69) is 10.3 Å². The lowest BCUT2D eigenvalue weighted by Crippen LogP contribution is -2.39. The Morgan fingerprint density at radius 1 is 0.870 bits per heavy atom. The Kier molecular flexibility index (Phi) is 3.15. The standard InChI is InChI=1S/C17H14N4O2/c22-16-14-15(17(23)21(16)13-9-5-2-6-10-13)20(19-18-14)11-12-7-3-1-4-8-12/h1-10,14-15H,11H2/t14-,15+/m0/s1. The van der Waals surface area contributed by atoms with Gasteiger partial charge < -0.3 is 0 Å². The summed E-state index contributed by atoms with van der Waals surface area (Å²) >= 11 is 0. The second-order valence-corrected chi connectivity index (χ2v) is 5.53. The summed E-state index contributed by atoms with van der Waals surface area (Å²) in [5, 5.41) is 9.66. The molecule has 1 saturated heterocycles. The highest BCUT2D eigenvalue weighted by molar-refractivity contribution is 6.25. The van der Waals surface area contributed by atoms with Crippen LogP contribution in [0.25, 0.3) is 0 Å². The van der Waals surface area contributed by atoms with Crippen molar-refractivity contribution in [2.75, 3.05) is 4.90 Å². The number of carbonyl (C=O) groups excluding carboxylic acids is 2. The molecular formula is C17H14N4O2. The summed E-state index contributed by atoms with van der Waals surface area (Å²) in [6.45, 7) is 0.452. The minimum Gasteiger partial charge on any atom is -0.271 e. The van der Waals surface area contributed by atoms with Crippen LogP contribution >= 0.6 is 0 Å². The molecule has 0 radical (unpaired) electrons. The van der Waals surface area contributed by atoms with Crippen molar-refractivity contribution >= 4 is 17.5 Å². The van der Waals surface area contributed by atoms with Gasteiger partial charge in [-0.25, -0.2) is 4.90 Å². The molecule has 2 amide bonds. The maximum Gasteiger partial charge on any atom is 0.263 e. The van der Waals surface area contributed by atoms with Crippen LogP contribution in [0, 0.1) is 0 Å². The Morgan fingerprint density at radius 3 is 2.22 bits per heavy atom. The Bertz CT molecular complexity index is 776. The average Bonchev–Trinajstić information content (AvgIpc) is 3.10. The minimum absolute atomic E-state index is 0.271. The van der Waals surface area contributed by atoms with Crippen molar-refractivity contribution in [1.82, 2.24) is 5.01 Å². The third-order valence-electron chi connectivity index (χ3n) is 4.06. The van der Waals surface area contributed by atoms with Crippen LogP contribution in [0.5, 0.6) is 0 Å². The summed E-state index contributed by atoms with van der Waals surface area (Å²) in [6, 6.07) is 17.2. The molecule has 0 bridgehead atoms. The lowest BCUT2D eigenvalue weighted by molar-refractivity contribution is -0.123. The number of benzene rings is 2. The summed E-state index contributed by atoms with van der Waals surface area (Å²) in [5.41, 5.74) is 1.59. The van der Waals surface area contributed by atoms with Crippen LogP contribution in [0.3, 0.4) is 0 Å². The summed E-state index contributed by atoms with van der Waals surface area (Å²) in [5.74, 6) is -0.586. The summed E-state index contributed by atoms with van der Waals surface area (Å²) in [6.07, 6.45) is 0. The van der Waals surface area contributed by atoms with Gasteiger partial charge in [-0.3, -0.25) is 14.6 Å². The van der Waals surface area contributed by atoms with Crippen molar-refractivity contribution in [3.8, 4) is 0 Å². The number of nitrogens with zero attached hydrogens (tertiary/aromatic N) is 4. The van der Waals surface area contributed by atoms with Crippen molar-refractivity contribution in [3.63, 3.8) is 0 Å². The van der Waals surface area contributed by atoms with Crippen molar-refractivity contribution in [3.05, 3.63) is 66.2 Å². The van der Waals surface area contributed by atoms with Crippen LogP contribution in [-0.4, -0.2) is 28.9 Å². The summed E-state index contributed by atoms with van der Waals surface area (Å²) in [7, 11) is 0. The highest BCUT2D eigenvalue weighted by Gasteiger charge is 2.54. The normalized spacial score (nSPS) is 22.8. The molecule has 6 heteroatoms. The van der Waals surface area contributed by atoms with Crippen molar-refractivity contribution in [2.45, 2.75) is 18.6 Å². The maximum absolute atomic E-state index is 12.7. The molecule has 0 unspecified atom stereocenters. The van der Waals surface area contributed by atoms with Gasteiger partial charge in [0.15, 0.2) is 12.1 Å². The van der Waals surface area contributed by atoms with Crippen LogP contribution in [0.15, 0.2) is 71.0 Å². The zero-order chi connectivity index (χ0) is 15.8. The SMILES string of the molecule is O=C1[C@H]2N=NN(Cc3ccccc3)[C@H]2C(=O)N1c1ccccc1. The van der Waals surface area contributed by atoms with Gasteiger partial charge in [0, 0.05) is 0 Å². The highest BCUT2D eigenvalue weighted by Crippen LogP contribution is 2.32. The quantitative estimate of drug-likeness (QED) is 0.816. The third kappa shape index (κ3) is 2.19. The first-order valence-electron chi connectivity index (χ1n) is 7.40. The molecule has 4 rings (SSSR count). The van der Waals surface area contributed by atoms with E-state index in [0.29, 0.717) is 12.2 Å². The van der Waals surface area contributed by atoms with Gasteiger partial charge in [-0.05, 0) is 17.7 Å². The number of hydrogen-bond donors (Lipinski definition) is 0. The van der Waals surface area contributed by atoms with E-state index in [0.717, 1.165) is 5.56 Å². The van der Waals surface area contributed by atoms with Crippen LogP contribution < -0.4 is 4.90 Å². The third-order valence-corrected chi connectivity index (χ3v) is 4.06. The second kappa shape index (κ2) is 5.31. The van der Waals surface area contributed by atoms with Crippen molar-refractivity contribution < 1.29 is 9.59 Å². The van der Waals surface area contributed by atoms with E-state index in [-0.39, 0.29) is 11.8 Å². The molecule has 2 aromatic carbocycles. The lowest BCUT2D eigenvalue weighted by Gasteiger charge is -2.20. The predicted octanol–water partition coefficient (Wildman–Crippen LogP) is 2.18. The van der Waals surface area contributed by atoms with Gasteiger partial charge in [0.2, 0.25) is 0 Å². The number of rotatable bonds is 3. The van der Waals surface area contributed by atoms with Gasteiger partial charge in [-0.2, -0.15) is 5.11 Å². The van der Waals surface area contributed by atoms with Crippen LogP contribution in [-0.2, 0) is 16.1 Å². The fourth-order valence-electron chi connectivity index (χ4n) is 2.96. The van der Waals surface area contributed by atoms with E-state index in [1.54, 1.807) is 29.3 Å². The molecule has 2 heterocycles. The van der Waals surface area contributed by atoms with Crippen LogP contribution in [0.2, 0.25) is 0 Å². The van der Waals surface area contributed by atoms with Crippen molar-refractivity contribution in [1.29, 1.82) is 0 Å². The Morgan fingerprint density at radius 2 is 1.52 bits per heavy atom. The number of anilines is 1. The average molecular weight is 306 g/mol. The van der Waals surface area contributed by atoms with Gasteiger partial charge in [-0.15, -0.1) is 0 Å². The molecule has 2 atom stereocenters. The number of imide groups is 1. The van der Waals surface area contributed by atoms with E-state index in [1.165, 1.54) is 4.90 Å². The first kappa shape index (κ1) is 13.6. The number of fused-ring (bicyclic) bond motifs is 1. The van der Waals surface area contributed by atoms with E-state index < -0.39 is 12.1 Å². The van der Waals surface area contributed by atoms with E-state index in [1.807, 2.05) is 36.4 Å². The minimum atomic E-state index is -0.744. The molecule has 2 aliphatic rings. The molecule has 2 aliphatic heterocycles. The van der Waals surface area contributed by atoms with E-state index in [4.69, 9.17) is 0 Å². The maximum atomic E-state index is 12.7. The number of carbonyl (C=O) groups is 2. The molecule has 114 valence electrons. The smallest absolute Gasteiger partial charge is 0.263 e. The van der Waals surface area contributed by atoms with Crippen LogP contribution in [0.1, 0.15) is 5.56 Å². The van der Waals surface area contributed by atoms with Gasteiger partial charge in [0.1, 0.15) is 0 Å². The fourth-order valence-corrected chi connectivity index (χ4v) is 2.96. The zero-order valence-electron chi connectivity index (χ0n) is 12.2. The molecule has 0 aliphatic carbocycles. The largest absolute Gasteiger partial charge is 0.271 e. The van der Waals surface area contributed by atoms with Gasteiger partial charge in [-0.1, -0.05) is 53.8 Å². The molecule has 0 saturated carbocycles. The monoisotopic (exact) mass is 306 g/mol.